The highest BCUT2D eigenvalue weighted by molar-refractivity contribution is 7.22. The Morgan fingerprint density at radius 3 is 2.48 bits per heavy atom. The Bertz CT molecular complexity index is 1380. The van der Waals surface area contributed by atoms with Gasteiger partial charge in [-0.1, -0.05) is 56.3 Å². The lowest BCUT2D eigenvalue weighted by Gasteiger charge is -2.21. The number of aromatic nitrogens is 1. The molecule has 0 atom stereocenters. The van der Waals surface area contributed by atoms with Gasteiger partial charge in [-0.2, -0.15) is 4.57 Å². The second kappa shape index (κ2) is 9.92. The van der Waals surface area contributed by atoms with E-state index in [2.05, 4.69) is 54.6 Å². The number of rotatable bonds is 5. The van der Waals surface area contributed by atoms with Crippen LogP contribution in [0.5, 0.6) is 0 Å². The molecule has 0 bridgehead atoms. The van der Waals surface area contributed by atoms with Crippen molar-refractivity contribution in [1.29, 1.82) is 0 Å². The molecular weight excluding hydrogens is 428 g/mol. The molecule has 2 heterocycles. The summed E-state index contributed by atoms with van der Waals surface area (Å²) in [6, 6.07) is 27.2. The van der Waals surface area contributed by atoms with Crippen LogP contribution in [-0.2, 0) is 11.8 Å². The largest absolute Gasteiger partial charge is 0.482 e. The fourth-order valence-corrected chi connectivity index (χ4v) is 4.82. The van der Waals surface area contributed by atoms with Crippen LogP contribution in [0.1, 0.15) is 19.7 Å². The van der Waals surface area contributed by atoms with Crippen LogP contribution in [0, 0.1) is 0 Å². The van der Waals surface area contributed by atoms with Crippen LogP contribution in [0.4, 0.5) is 5.69 Å². The maximum absolute atomic E-state index is 6.03. The van der Waals surface area contributed by atoms with Gasteiger partial charge in [-0.15, -0.1) is 11.3 Å². The smallest absolute Gasteiger partial charge is 0.379 e. The first-order valence-corrected chi connectivity index (χ1v) is 11.9. The van der Waals surface area contributed by atoms with Crippen molar-refractivity contribution in [3.63, 3.8) is 0 Å². The topological polar surface area (TPSA) is 29.5 Å². The van der Waals surface area contributed by atoms with Crippen molar-refractivity contribution >= 4 is 44.3 Å². The third-order valence-electron chi connectivity index (χ3n) is 5.50. The number of thiophene rings is 1. The van der Waals surface area contributed by atoms with E-state index >= 15 is 0 Å². The first kappa shape index (κ1) is 22.6. The van der Waals surface area contributed by atoms with Crippen LogP contribution in [-0.4, -0.2) is 14.2 Å². The zero-order chi connectivity index (χ0) is 23.4. The van der Waals surface area contributed by atoms with Gasteiger partial charge in [0.05, 0.1) is 7.11 Å². The first-order chi connectivity index (χ1) is 16.1. The molecule has 0 aliphatic carbocycles. The van der Waals surface area contributed by atoms with E-state index in [1.807, 2.05) is 79.1 Å². The molecule has 0 amide bonds. The molecule has 0 aliphatic rings. The summed E-state index contributed by atoms with van der Waals surface area (Å²) >= 11 is 1.81. The van der Waals surface area contributed by atoms with Crippen molar-refractivity contribution in [2.45, 2.75) is 13.8 Å². The third-order valence-corrected chi connectivity index (χ3v) is 6.67. The number of anilines is 1. The molecule has 0 N–H and O–H groups in total. The molecule has 3 aromatic carbocycles. The number of para-hydroxylation sites is 2. The minimum Gasteiger partial charge on any atom is -0.482 e. The summed E-state index contributed by atoms with van der Waals surface area (Å²) in [5, 5.41) is 1.27. The van der Waals surface area contributed by atoms with Gasteiger partial charge in [-0.05, 0) is 41.3 Å². The van der Waals surface area contributed by atoms with Gasteiger partial charge in [0, 0.05) is 28.4 Å². The molecule has 0 spiro atoms. The van der Waals surface area contributed by atoms with Gasteiger partial charge in [0.25, 0.3) is 5.52 Å². The van der Waals surface area contributed by atoms with E-state index in [1.54, 1.807) is 7.11 Å². The van der Waals surface area contributed by atoms with Crippen molar-refractivity contribution < 1.29 is 13.7 Å². The molecule has 0 unspecified atom stereocenters. The predicted octanol–water partition coefficient (Wildman–Crippen LogP) is 7.25. The molecule has 4 nitrogen and oxygen atoms in total. The van der Waals surface area contributed by atoms with Gasteiger partial charge in [0.2, 0.25) is 11.5 Å². The quantitative estimate of drug-likeness (QED) is 0.206. The number of oxazole rings is 1. The number of hydrogen-bond donors (Lipinski definition) is 0. The highest BCUT2D eigenvalue weighted by Gasteiger charge is 2.19. The zero-order valence-electron chi connectivity index (χ0n) is 19.7. The highest BCUT2D eigenvalue weighted by atomic mass is 32.1. The Balaban J connectivity index is 0.00000126. The Labute approximate surface area is 199 Å². The molecule has 33 heavy (non-hydrogen) atoms. The van der Waals surface area contributed by atoms with E-state index in [4.69, 9.17) is 9.15 Å². The fraction of sp³-hybridized carbons (Fsp3) is 0.179. The van der Waals surface area contributed by atoms with Gasteiger partial charge >= 0.3 is 5.89 Å². The summed E-state index contributed by atoms with van der Waals surface area (Å²) in [6.07, 6.45) is 1.92. The van der Waals surface area contributed by atoms with Crippen molar-refractivity contribution in [1.82, 2.24) is 0 Å². The van der Waals surface area contributed by atoms with E-state index in [1.165, 1.54) is 20.5 Å². The maximum Gasteiger partial charge on any atom is 0.379 e. The van der Waals surface area contributed by atoms with Crippen LogP contribution in [0.15, 0.2) is 89.2 Å². The number of methoxy groups -OCH3 is 1. The summed E-state index contributed by atoms with van der Waals surface area (Å²) in [6.45, 7) is 4.00. The van der Waals surface area contributed by atoms with Crippen LogP contribution >= 0.6 is 11.3 Å². The predicted molar refractivity (Wildman–Crippen MR) is 139 cm³/mol. The SMILES string of the molecule is CC.COC(=Cc1oc2ccccc2[n+]1C)N(C)c1cccc(-c2cc3ccccc3s2)c1. The number of fused-ring (bicyclic) bond motifs is 2. The van der Waals surface area contributed by atoms with Gasteiger partial charge in [-0.25, -0.2) is 0 Å². The molecule has 0 fully saturated rings. The van der Waals surface area contributed by atoms with E-state index in [9.17, 15) is 0 Å². The molecule has 0 radical (unpaired) electrons. The van der Waals surface area contributed by atoms with Crippen molar-refractivity contribution in [3.05, 3.63) is 90.6 Å². The summed E-state index contributed by atoms with van der Waals surface area (Å²) in [7, 11) is 5.68. The van der Waals surface area contributed by atoms with Gasteiger partial charge < -0.3 is 14.1 Å². The minimum atomic E-state index is 0.697. The third kappa shape index (κ3) is 4.50. The molecule has 5 aromatic rings. The highest BCUT2D eigenvalue weighted by Crippen LogP contribution is 2.35. The zero-order valence-corrected chi connectivity index (χ0v) is 20.5. The first-order valence-electron chi connectivity index (χ1n) is 11.1. The molecule has 168 valence electrons. The standard InChI is InChI=1S/C26H23N2O2S.C2H6/c1-27(25(29-3)17-26-28(2)21-12-5-6-13-22(21)30-26)20-11-8-10-18(15-20)24-16-19-9-4-7-14-23(19)31-24;1-2/h4-17H,1-3H3;1-2H3/q+1;. The van der Waals surface area contributed by atoms with E-state index in [-0.39, 0.29) is 0 Å². The average molecular weight is 458 g/mol. The minimum absolute atomic E-state index is 0.697. The second-order valence-electron chi connectivity index (χ2n) is 7.41. The molecule has 0 aliphatic heterocycles. The van der Waals surface area contributed by atoms with E-state index in [0.29, 0.717) is 5.88 Å². The summed E-state index contributed by atoms with van der Waals surface area (Å²) in [4.78, 5) is 3.28. The Morgan fingerprint density at radius 1 is 0.970 bits per heavy atom. The van der Waals surface area contributed by atoms with E-state index in [0.717, 1.165) is 22.7 Å². The molecule has 0 saturated heterocycles. The molecule has 5 rings (SSSR count). The molecule has 5 heteroatoms. The van der Waals surface area contributed by atoms with Gasteiger partial charge in [0.15, 0.2) is 0 Å². The number of ether oxygens (including phenoxy) is 1. The van der Waals surface area contributed by atoms with Gasteiger partial charge in [-0.3, -0.25) is 0 Å². The number of hydrogen-bond acceptors (Lipinski definition) is 4. The summed E-state index contributed by atoms with van der Waals surface area (Å²) < 4.78 is 15.1. The van der Waals surface area contributed by atoms with Crippen molar-refractivity contribution in [2.75, 3.05) is 19.1 Å². The van der Waals surface area contributed by atoms with Crippen molar-refractivity contribution in [3.8, 4) is 10.4 Å². The van der Waals surface area contributed by atoms with Gasteiger partial charge in [0.1, 0.15) is 13.1 Å². The Kier molecular flexibility index (Phi) is 6.80. The molecular formula is C28H29N2O2S+. The lowest BCUT2D eigenvalue weighted by Crippen LogP contribution is -2.30. The summed E-state index contributed by atoms with van der Waals surface area (Å²) in [5.41, 5.74) is 4.12. The number of nitrogens with zero attached hydrogens (tertiary/aromatic N) is 2. The molecule has 2 aromatic heterocycles. The second-order valence-corrected chi connectivity index (χ2v) is 8.50. The Hall–Kier alpha value is -3.57. The summed E-state index contributed by atoms with van der Waals surface area (Å²) in [5.74, 6) is 1.42. The maximum atomic E-state index is 6.03. The van der Waals surface area contributed by atoms with Crippen molar-refractivity contribution in [2.24, 2.45) is 7.05 Å². The lowest BCUT2D eigenvalue weighted by molar-refractivity contribution is -0.652. The Morgan fingerprint density at radius 2 is 1.73 bits per heavy atom. The normalized spacial score (nSPS) is 11.4. The number of benzene rings is 3. The number of aryl methyl sites for hydroxylation is 1. The van der Waals surface area contributed by atoms with Crippen LogP contribution in [0.25, 0.3) is 37.7 Å². The van der Waals surface area contributed by atoms with Crippen LogP contribution in [0.3, 0.4) is 0 Å². The van der Waals surface area contributed by atoms with Crippen LogP contribution < -0.4 is 9.47 Å². The fourth-order valence-electron chi connectivity index (χ4n) is 3.76. The average Bonchev–Trinajstić information content (AvgIpc) is 3.45. The van der Waals surface area contributed by atoms with E-state index < -0.39 is 0 Å². The monoisotopic (exact) mass is 457 g/mol. The lowest BCUT2D eigenvalue weighted by atomic mass is 10.1. The van der Waals surface area contributed by atoms with Crippen LogP contribution in [0.2, 0.25) is 0 Å². The molecule has 0 saturated carbocycles.